The largest absolute Gasteiger partial charge is 0.273 e. The molecule has 2 atom stereocenters. The van der Waals surface area contributed by atoms with Crippen LogP contribution < -0.4 is 5.32 Å². The number of hydrogen-bond donors (Lipinski definition) is 0. The number of hydrogen-bond acceptors (Lipinski definition) is 1. The van der Waals surface area contributed by atoms with Crippen LogP contribution in [0.3, 0.4) is 0 Å². The van der Waals surface area contributed by atoms with Crippen molar-refractivity contribution in [2.45, 2.75) is 25.3 Å². The van der Waals surface area contributed by atoms with Gasteiger partial charge in [0.25, 0.3) is 0 Å². The predicted octanol–water partition coefficient (Wildman–Crippen LogP) is 2.32. The van der Waals surface area contributed by atoms with E-state index >= 15 is 0 Å². The average molecular weight is 214 g/mol. The Hall–Kier alpha value is -1.57. The Morgan fingerprint density at radius 3 is 2.81 bits per heavy atom. The van der Waals surface area contributed by atoms with Crippen LogP contribution in [0.15, 0.2) is 43.0 Å². The van der Waals surface area contributed by atoms with E-state index in [0.29, 0.717) is 0 Å². The Morgan fingerprint density at radius 2 is 2.12 bits per heavy atom. The fraction of sp³-hybridized carbons (Fsp3) is 0.357. The molecule has 2 nitrogen and oxygen atoms in total. The Morgan fingerprint density at radius 1 is 1.38 bits per heavy atom. The summed E-state index contributed by atoms with van der Waals surface area (Å²) < 4.78 is 0. The van der Waals surface area contributed by atoms with E-state index in [1.807, 2.05) is 24.3 Å². The van der Waals surface area contributed by atoms with Gasteiger partial charge in [-0.3, -0.25) is 4.79 Å². The fourth-order valence-electron chi connectivity index (χ4n) is 2.18. The van der Waals surface area contributed by atoms with Gasteiger partial charge in [-0.2, -0.15) is 0 Å². The van der Waals surface area contributed by atoms with Crippen molar-refractivity contribution in [3.8, 4) is 0 Å². The Kier molecular flexibility index (Phi) is 3.40. The summed E-state index contributed by atoms with van der Waals surface area (Å²) in [6.45, 7) is 3.67. The standard InChI is InChI=1S/C14H16NO/c1-2-6-12-10-13(15-14(12)16)9-11-7-4-3-5-8-11/h2-5,7-8,12-13H,1,6,9-10H2. The summed E-state index contributed by atoms with van der Waals surface area (Å²) >= 11 is 0. The van der Waals surface area contributed by atoms with E-state index in [-0.39, 0.29) is 17.9 Å². The molecular weight excluding hydrogens is 198 g/mol. The van der Waals surface area contributed by atoms with Gasteiger partial charge in [0.2, 0.25) is 5.91 Å². The molecule has 1 aliphatic heterocycles. The minimum Gasteiger partial charge on any atom is -0.273 e. The highest BCUT2D eigenvalue weighted by Crippen LogP contribution is 2.23. The summed E-state index contributed by atoms with van der Waals surface area (Å²) in [5, 5.41) is 4.20. The lowest BCUT2D eigenvalue weighted by atomic mass is 9.98. The molecule has 0 N–H and O–H groups in total. The molecule has 16 heavy (non-hydrogen) atoms. The smallest absolute Gasteiger partial charge is 0.244 e. The van der Waals surface area contributed by atoms with Crippen molar-refractivity contribution in [3.05, 3.63) is 48.6 Å². The second-order valence-electron chi connectivity index (χ2n) is 4.27. The van der Waals surface area contributed by atoms with Gasteiger partial charge in [-0.25, -0.2) is 5.32 Å². The van der Waals surface area contributed by atoms with Crippen LogP contribution >= 0.6 is 0 Å². The third-order valence-corrected chi connectivity index (χ3v) is 2.98. The molecule has 0 spiro atoms. The van der Waals surface area contributed by atoms with E-state index in [1.165, 1.54) is 5.56 Å². The highest BCUT2D eigenvalue weighted by Gasteiger charge is 2.32. The maximum Gasteiger partial charge on any atom is 0.244 e. The third kappa shape index (κ3) is 2.51. The van der Waals surface area contributed by atoms with Crippen LogP contribution in [-0.4, -0.2) is 11.9 Å². The van der Waals surface area contributed by atoms with Gasteiger partial charge in [0.05, 0.1) is 6.04 Å². The van der Waals surface area contributed by atoms with Gasteiger partial charge in [-0.15, -0.1) is 6.58 Å². The topological polar surface area (TPSA) is 31.2 Å². The lowest BCUT2D eigenvalue weighted by Gasteiger charge is -2.07. The van der Waals surface area contributed by atoms with Crippen molar-refractivity contribution in [1.82, 2.24) is 5.32 Å². The molecule has 2 heteroatoms. The number of rotatable bonds is 4. The van der Waals surface area contributed by atoms with Gasteiger partial charge in [-0.05, 0) is 24.8 Å². The Labute approximate surface area is 96.4 Å². The number of allylic oxidation sites excluding steroid dienone is 1. The predicted molar refractivity (Wildman–Crippen MR) is 64.0 cm³/mol. The van der Waals surface area contributed by atoms with Crippen LogP contribution in [0, 0.1) is 5.92 Å². The molecule has 1 amide bonds. The summed E-state index contributed by atoms with van der Waals surface area (Å²) in [5.41, 5.74) is 1.25. The lowest BCUT2D eigenvalue weighted by Crippen LogP contribution is -2.20. The summed E-state index contributed by atoms with van der Waals surface area (Å²) in [7, 11) is 0. The van der Waals surface area contributed by atoms with Gasteiger partial charge < -0.3 is 0 Å². The van der Waals surface area contributed by atoms with Crippen molar-refractivity contribution in [2.24, 2.45) is 5.92 Å². The van der Waals surface area contributed by atoms with Crippen LogP contribution in [0.2, 0.25) is 0 Å². The van der Waals surface area contributed by atoms with E-state index in [9.17, 15) is 4.79 Å². The minimum atomic E-state index is 0.0563. The third-order valence-electron chi connectivity index (χ3n) is 2.98. The van der Waals surface area contributed by atoms with Crippen LogP contribution in [-0.2, 0) is 11.2 Å². The number of amides is 1. The summed E-state index contributed by atoms with van der Waals surface area (Å²) in [6, 6.07) is 10.4. The number of benzene rings is 1. The molecule has 0 bridgehead atoms. The first-order valence-corrected chi connectivity index (χ1v) is 5.69. The Bertz CT molecular complexity index is 372. The first-order valence-electron chi connectivity index (χ1n) is 5.69. The fourth-order valence-corrected chi connectivity index (χ4v) is 2.18. The molecule has 1 aromatic rings. The lowest BCUT2D eigenvalue weighted by molar-refractivity contribution is -0.122. The van der Waals surface area contributed by atoms with Crippen molar-refractivity contribution in [2.75, 3.05) is 0 Å². The molecule has 1 aliphatic rings. The molecule has 2 unspecified atom stereocenters. The van der Waals surface area contributed by atoms with E-state index < -0.39 is 0 Å². The molecular formula is C14H16NO. The van der Waals surface area contributed by atoms with Crippen molar-refractivity contribution in [1.29, 1.82) is 0 Å². The molecule has 0 aliphatic carbocycles. The summed E-state index contributed by atoms with van der Waals surface area (Å²) in [6.07, 6.45) is 4.32. The van der Waals surface area contributed by atoms with Crippen LogP contribution in [0.4, 0.5) is 0 Å². The SMILES string of the molecule is C=CCC1CC(Cc2ccccc2)[N]C1=O. The van der Waals surface area contributed by atoms with Crippen molar-refractivity contribution >= 4 is 5.91 Å². The molecule has 1 fully saturated rings. The van der Waals surface area contributed by atoms with Gasteiger partial charge in [-0.1, -0.05) is 36.4 Å². The molecule has 83 valence electrons. The maximum absolute atomic E-state index is 11.6. The molecule has 1 heterocycles. The van der Waals surface area contributed by atoms with Gasteiger partial charge in [0, 0.05) is 5.92 Å². The molecule has 0 aromatic heterocycles. The first-order chi connectivity index (χ1) is 7.79. The number of nitrogens with zero attached hydrogens (tertiary/aromatic N) is 1. The highest BCUT2D eigenvalue weighted by atomic mass is 16.2. The van der Waals surface area contributed by atoms with E-state index in [2.05, 4.69) is 24.0 Å². The summed E-state index contributed by atoms with van der Waals surface area (Å²) in [4.78, 5) is 11.6. The second-order valence-corrected chi connectivity index (χ2v) is 4.27. The number of carbonyl (C=O) groups is 1. The monoisotopic (exact) mass is 214 g/mol. The molecule has 1 radical (unpaired) electrons. The zero-order chi connectivity index (χ0) is 11.4. The van der Waals surface area contributed by atoms with Crippen LogP contribution in [0.25, 0.3) is 0 Å². The van der Waals surface area contributed by atoms with E-state index in [0.717, 1.165) is 19.3 Å². The number of carbonyl (C=O) groups excluding carboxylic acids is 1. The first kappa shape index (κ1) is 10.9. The highest BCUT2D eigenvalue weighted by molar-refractivity contribution is 5.81. The van der Waals surface area contributed by atoms with Crippen LogP contribution in [0.5, 0.6) is 0 Å². The van der Waals surface area contributed by atoms with Gasteiger partial charge in [0.15, 0.2) is 0 Å². The van der Waals surface area contributed by atoms with Crippen molar-refractivity contribution < 1.29 is 4.79 Å². The van der Waals surface area contributed by atoms with Crippen LogP contribution in [0.1, 0.15) is 18.4 Å². The van der Waals surface area contributed by atoms with E-state index in [1.54, 1.807) is 0 Å². The average Bonchev–Trinajstić information content (AvgIpc) is 2.61. The zero-order valence-electron chi connectivity index (χ0n) is 9.30. The minimum absolute atomic E-state index is 0.0563. The quantitative estimate of drug-likeness (QED) is 0.708. The normalized spacial score (nSPS) is 24.1. The molecule has 2 rings (SSSR count). The second kappa shape index (κ2) is 4.97. The zero-order valence-corrected chi connectivity index (χ0v) is 9.30. The molecule has 1 aromatic carbocycles. The maximum atomic E-state index is 11.6. The van der Waals surface area contributed by atoms with E-state index in [4.69, 9.17) is 0 Å². The molecule has 1 saturated heterocycles. The van der Waals surface area contributed by atoms with Crippen molar-refractivity contribution in [3.63, 3.8) is 0 Å². The van der Waals surface area contributed by atoms with Gasteiger partial charge >= 0.3 is 0 Å². The Balaban J connectivity index is 1.94. The summed E-state index contributed by atoms with van der Waals surface area (Å²) in [5.74, 6) is 0.132. The van der Waals surface area contributed by atoms with Gasteiger partial charge in [0.1, 0.15) is 0 Å². The molecule has 0 saturated carbocycles.